The first-order valence-corrected chi connectivity index (χ1v) is 26.7. The highest BCUT2D eigenvalue weighted by atomic mass is 28.3. The molecular formula is C48H67FN6O9Si. The van der Waals surface area contributed by atoms with Gasteiger partial charge in [-0.15, -0.1) is 0 Å². The number of carbonyl (C=O) groups is 3. The summed E-state index contributed by atoms with van der Waals surface area (Å²) in [7, 11) is 0.0109. The molecule has 2 fully saturated rings. The summed E-state index contributed by atoms with van der Waals surface area (Å²) in [5.41, 5.74) is 3.67. The molecule has 7 rings (SSSR count). The van der Waals surface area contributed by atoms with Crippen LogP contribution in [0.25, 0.3) is 33.5 Å². The lowest BCUT2D eigenvalue weighted by Crippen LogP contribution is -2.51. The Morgan fingerprint density at radius 1 is 0.969 bits per heavy atom. The van der Waals surface area contributed by atoms with Crippen LogP contribution in [0.15, 0.2) is 30.3 Å². The van der Waals surface area contributed by atoms with Crippen molar-refractivity contribution in [3.8, 4) is 28.4 Å². The first kappa shape index (κ1) is 47.9. The zero-order valence-electron chi connectivity index (χ0n) is 40.0. The van der Waals surface area contributed by atoms with Crippen molar-refractivity contribution in [2.75, 3.05) is 33.4 Å². The van der Waals surface area contributed by atoms with E-state index in [2.05, 4.69) is 19.6 Å². The Hall–Kier alpha value is -5.00. The van der Waals surface area contributed by atoms with E-state index in [1.54, 1.807) is 47.6 Å². The van der Waals surface area contributed by atoms with Gasteiger partial charge < -0.3 is 37.9 Å². The van der Waals surface area contributed by atoms with Crippen molar-refractivity contribution < 1.29 is 47.2 Å². The molecule has 3 unspecified atom stereocenters. The van der Waals surface area contributed by atoms with Crippen LogP contribution < -0.4 is 4.74 Å². The highest BCUT2D eigenvalue weighted by Gasteiger charge is 2.43. The molecule has 2 aromatic heterocycles. The van der Waals surface area contributed by atoms with E-state index < -0.39 is 55.4 Å². The van der Waals surface area contributed by atoms with Crippen molar-refractivity contribution in [2.24, 2.45) is 0 Å². The van der Waals surface area contributed by atoms with Crippen LogP contribution in [0.2, 0.25) is 25.7 Å². The number of likely N-dealkylation sites (tertiary alicyclic amines) is 1. The van der Waals surface area contributed by atoms with E-state index in [-0.39, 0.29) is 38.2 Å². The SMILES string of the molecule is CCc1cc(OC)c(F)cc1-c1ccc2c(-c3nc4c(n3COCC[Si](C)(C)C)CN(C(=O)OC(C)(C)C)C(C(=O)OC3CCN(C(=O)OC(C)(C)C)C3)C4)nn(C3CCCCO3)c2c1. The minimum atomic E-state index is -1.45. The van der Waals surface area contributed by atoms with Crippen LogP contribution in [0.1, 0.15) is 97.3 Å². The highest BCUT2D eigenvalue weighted by molar-refractivity contribution is 6.76. The van der Waals surface area contributed by atoms with Gasteiger partial charge in [-0.25, -0.2) is 28.4 Å². The lowest BCUT2D eigenvalue weighted by atomic mass is 9.96. The van der Waals surface area contributed by atoms with Crippen LogP contribution in [0.4, 0.5) is 14.0 Å². The topological polar surface area (TPSA) is 149 Å². The van der Waals surface area contributed by atoms with Gasteiger partial charge in [0.25, 0.3) is 0 Å². The monoisotopic (exact) mass is 918 g/mol. The largest absolute Gasteiger partial charge is 0.494 e. The number of aromatic nitrogens is 4. The minimum Gasteiger partial charge on any atom is -0.494 e. The number of hydrogen-bond acceptors (Lipinski definition) is 11. The van der Waals surface area contributed by atoms with Gasteiger partial charge in [0.15, 0.2) is 23.6 Å². The zero-order valence-corrected chi connectivity index (χ0v) is 41.0. The summed E-state index contributed by atoms with van der Waals surface area (Å²) in [6.45, 7) is 21.4. The molecule has 0 bridgehead atoms. The first-order chi connectivity index (χ1) is 30.6. The number of carbonyl (C=O) groups excluding carboxylic acids is 3. The number of esters is 1. The van der Waals surface area contributed by atoms with Gasteiger partial charge in [0.05, 0.1) is 37.1 Å². The molecule has 0 saturated carbocycles. The van der Waals surface area contributed by atoms with Crippen LogP contribution in [0, 0.1) is 5.82 Å². The summed E-state index contributed by atoms with van der Waals surface area (Å²) >= 11 is 0. The molecule has 0 aliphatic carbocycles. The fourth-order valence-corrected chi connectivity index (χ4v) is 9.25. The van der Waals surface area contributed by atoms with E-state index in [1.807, 2.05) is 34.4 Å². The minimum absolute atomic E-state index is 0.0134. The van der Waals surface area contributed by atoms with E-state index in [9.17, 15) is 14.4 Å². The number of imidazole rings is 1. The molecule has 3 atom stereocenters. The second-order valence-corrected chi connectivity index (χ2v) is 26.2. The third-order valence-corrected chi connectivity index (χ3v) is 13.6. The predicted octanol–water partition coefficient (Wildman–Crippen LogP) is 9.50. The number of rotatable bonds is 12. The number of amides is 2. The summed E-state index contributed by atoms with van der Waals surface area (Å²) in [6.07, 6.45) is 1.74. The number of ether oxygens (including phenoxy) is 6. The molecule has 2 aromatic carbocycles. The van der Waals surface area contributed by atoms with E-state index in [4.69, 9.17) is 38.5 Å². The maximum absolute atomic E-state index is 15.3. The van der Waals surface area contributed by atoms with Crippen LogP contribution in [0.3, 0.4) is 0 Å². The third kappa shape index (κ3) is 11.2. The summed E-state index contributed by atoms with van der Waals surface area (Å²) in [6, 6.07) is 9.15. The van der Waals surface area contributed by atoms with Gasteiger partial charge in [-0.3, -0.25) is 4.90 Å². The summed E-state index contributed by atoms with van der Waals surface area (Å²) in [4.78, 5) is 49.5. The fourth-order valence-electron chi connectivity index (χ4n) is 8.50. The van der Waals surface area contributed by atoms with Crippen LogP contribution in [-0.2, 0) is 54.6 Å². The van der Waals surface area contributed by atoms with Gasteiger partial charge in [-0.2, -0.15) is 5.10 Å². The molecule has 3 aliphatic rings. The van der Waals surface area contributed by atoms with E-state index >= 15 is 4.39 Å². The Kier molecular flexibility index (Phi) is 14.1. The number of methoxy groups -OCH3 is 1. The van der Waals surface area contributed by atoms with E-state index in [1.165, 1.54) is 23.0 Å². The summed E-state index contributed by atoms with van der Waals surface area (Å²) < 4.78 is 54.8. The molecule has 17 heteroatoms. The molecule has 3 aliphatic heterocycles. The van der Waals surface area contributed by atoms with Gasteiger partial charge >= 0.3 is 18.2 Å². The molecule has 2 saturated heterocycles. The maximum Gasteiger partial charge on any atom is 0.411 e. The molecule has 4 aromatic rings. The Labute approximate surface area is 382 Å². The lowest BCUT2D eigenvalue weighted by molar-refractivity contribution is -0.155. The number of aryl methyl sites for hydroxylation is 1. The summed E-state index contributed by atoms with van der Waals surface area (Å²) in [5.74, 6) is -0.346. The number of hydrogen-bond donors (Lipinski definition) is 0. The van der Waals surface area contributed by atoms with Gasteiger partial charge in [0, 0.05) is 46.1 Å². The molecule has 0 N–H and O–H groups in total. The van der Waals surface area contributed by atoms with Gasteiger partial charge in [-0.05, 0) is 114 Å². The fraction of sp³-hybridized carbons (Fsp3) is 0.604. The van der Waals surface area contributed by atoms with Crippen LogP contribution in [0.5, 0.6) is 5.75 Å². The van der Waals surface area contributed by atoms with Crippen molar-refractivity contribution in [2.45, 2.75) is 156 Å². The Balaban J connectivity index is 1.31. The van der Waals surface area contributed by atoms with Gasteiger partial charge in [-0.1, -0.05) is 32.6 Å². The van der Waals surface area contributed by atoms with Crippen molar-refractivity contribution >= 4 is 37.1 Å². The Morgan fingerprint density at radius 3 is 2.37 bits per heavy atom. The number of benzene rings is 2. The molecule has 0 radical (unpaired) electrons. The van der Waals surface area contributed by atoms with Crippen molar-refractivity contribution in [1.82, 2.24) is 29.1 Å². The molecule has 15 nitrogen and oxygen atoms in total. The molecule has 0 spiro atoms. The Morgan fingerprint density at radius 2 is 1.71 bits per heavy atom. The predicted molar refractivity (Wildman–Crippen MR) is 247 cm³/mol. The Bertz CT molecular complexity index is 2390. The molecule has 65 heavy (non-hydrogen) atoms. The molecule has 354 valence electrons. The van der Waals surface area contributed by atoms with Crippen molar-refractivity contribution in [1.29, 1.82) is 0 Å². The standard InChI is InChI=1S/C48H67FN6O9Si/c1-12-30-24-40(59-8)35(49)25-34(30)31-16-17-33-37(23-31)55(41-15-13-14-20-61-41)51-42(33)43-50-36-26-38(44(56)62-32-18-19-52(27-32)45(57)63-47(2,3)4)53(46(58)64-48(5,6)7)28-39(36)54(43)29-60-21-22-65(9,10)11/h16-17,23-25,32,38,41H,12-15,18-22,26-29H2,1-11H3. The van der Waals surface area contributed by atoms with Crippen molar-refractivity contribution in [3.05, 3.63) is 53.1 Å². The maximum atomic E-state index is 15.3. The van der Waals surface area contributed by atoms with Gasteiger partial charge in [0.2, 0.25) is 0 Å². The van der Waals surface area contributed by atoms with E-state index in [0.29, 0.717) is 55.5 Å². The molecule has 5 heterocycles. The lowest BCUT2D eigenvalue weighted by Gasteiger charge is -2.35. The van der Waals surface area contributed by atoms with Gasteiger partial charge in [0.1, 0.15) is 35.8 Å². The van der Waals surface area contributed by atoms with Crippen LogP contribution in [-0.4, -0.2) is 112 Å². The number of nitrogens with zero attached hydrogens (tertiary/aromatic N) is 6. The second kappa shape index (κ2) is 19.1. The quantitative estimate of drug-likeness (QED) is 0.0579. The molecular weight excluding hydrogens is 852 g/mol. The van der Waals surface area contributed by atoms with E-state index in [0.717, 1.165) is 52.9 Å². The number of halogens is 1. The van der Waals surface area contributed by atoms with Crippen LogP contribution >= 0.6 is 0 Å². The smallest absolute Gasteiger partial charge is 0.411 e. The first-order valence-electron chi connectivity index (χ1n) is 23.0. The summed E-state index contributed by atoms with van der Waals surface area (Å²) in [5, 5.41) is 6.07. The average molecular weight is 919 g/mol. The number of fused-ring (bicyclic) bond motifs is 2. The van der Waals surface area contributed by atoms with Crippen molar-refractivity contribution in [3.63, 3.8) is 0 Å². The normalized spacial score (nSPS) is 19.4. The highest BCUT2D eigenvalue weighted by Crippen LogP contribution is 2.39. The average Bonchev–Trinajstić information content (AvgIpc) is 3.96. The zero-order chi connectivity index (χ0) is 47.0. The molecule has 2 amide bonds. The second-order valence-electron chi connectivity index (χ2n) is 20.6. The third-order valence-electron chi connectivity index (χ3n) is 11.9.